The first-order chi connectivity index (χ1) is 11.1. The molecule has 5 nitrogen and oxygen atoms in total. The molecular weight excluding hydrogens is 292 g/mol. The number of carbonyl (C=O) groups excluding carboxylic acids is 2. The highest BCUT2D eigenvalue weighted by molar-refractivity contribution is 5.95. The van der Waals surface area contributed by atoms with Gasteiger partial charge in [0.05, 0.1) is 25.3 Å². The molecule has 1 aliphatic rings. The Morgan fingerprint density at radius 3 is 2.61 bits per heavy atom. The molecule has 120 valence electrons. The van der Waals surface area contributed by atoms with Gasteiger partial charge in [0.1, 0.15) is 0 Å². The van der Waals surface area contributed by atoms with Crippen molar-refractivity contribution >= 4 is 12.0 Å². The summed E-state index contributed by atoms with van der Waals surface area (Å²) in [5.41, 5.74) is 1.95. The van der Waals surface area contributed by atoms with Gasteiger partial charge in [-0.2, -0.15) is 0 Å². The normalized spacial score (nSPS) is 17.3. The van der Waals surface area contributed by atoms with Gasteiger partial charge in [0.15, 0.2) is 0 Å². The van der Waals surface area contributed by atoms with Crippen molar-refractivity contribution < 1.29 is 14.3 Å². The Hall–Kier alpha value is -2.74. The van der Waals surface area contributed by atoms with Crippen molar-refractivity contribution in [1.29, 1.82) is 0 Å². The summed E-state index contributed by atoms with van der Waals surface area (Å²) in [4.78, 5) is 26.3. The van der Waals surface area contributed by atoms with Crippen LogP contribution in [0.4, 0.5) is 4.79 Å². The van der Waals surface area contributed by atoms with Gasteiger partial charge in [0, 0.05) is 5.70 Å². The van der Waals surface area contributed by atoms with E-state index >= 15 is 0 Å². The first-order valence-corrected chi connectivity index (χ1v) is 7.47. The van der Waals surface area contributed by atoms with Gasteiger partial charge in [0.25, 0.3) is 0 Å². The summed E-state index contributed by atoms with van der Waals surface area (Å²) in [6.07, 6.45) is 0.534. The summed E-state index contributed by atoms with van der Waals surface area (Å²) in [5.74, 6) is 5.20. The summed E-state index contributed by atoms with van der Waals surface area (Å²) >= 11 is 0. The fourth-order valence-corrected chi connectivity index (χ4v) is 2.66. The minimum absolute atomic E-state index is 0.244. The zero-order chi connectivity index (χ0) is 16.8. The highest BCUT2D eigenvalue weighted by Gasteiger charge is 2.36. The summed E-state index contributed by atoms with van der Waals surface area (Å²) in [6.45, 7) is 3.87. The number of amides is 2. The number of nitrogens with one attached hydrogen (secondary N) is 1. The molecule has 1 atom stereocenters. The molecule has 1 unspecified atom stereocenters. The molecule has 1 aromatic carbocycles. The molecule has 0 aliphatic carbocycles. The number of ether oxygens (including phenoxy) is 1. The van der Waals surface area contributed by atoms with Crippen LogP contribution in [-0.4, -0.2) is 30.6 Å². The van der Waals surface area contributed by atoms with Crippen molar-refractivity contribution in [3.63, 3.8) is 0 Å². The Balaban J connectivity index is 2.57. The van der Waals surface area contributed by atoms with E-state index in [-0.39, 0.29) is 12.6 Å². The lowest BCUT2D eigenvalue weighted by Gasteiger charge is -2.35. The van der Waals surface area contributed by atoms with Crippen molar-refractivity contribution in [1.82, 2.24) is 10.2 Å². The molecular formula is C18H20N2O3. The maximum absolute atomic E-state index is 12.5. The van der Waals surface area contributed by atoms with Crippen molar-refractivity contribution in [2.45, 2.75) is 26.3 Å². The molecule has 1 aliphatic heterocycles. The first kappa shape index (κ1) is 16.6. The predicted octanol–water partition coefficient (Wildman–Crippen LogP) is 2.61. The number of allylic oxidation sites excluding steroid dienone is 1. The molecule has 1 heterocycles. The van der Waals surface area contributed by atoms with Crippen molar-refractivity contribution in [2.24, 2.45) is 0 Å². The quantitative estimate of drug-likeness (QED) is 0.687. The van der Waals surface area contributed by atoms with Crippen LogP contribution < -0.4 is 5.32 Å². The smallest absolute Gasteiger partial charge is 0.337 e. The van der Waals surface area contributed by atoms with Crippen LogP contribution in [0, 0.1) is 11.8 Å². The molecule has 0 spiro atoms. The molecule has 0 radical (unpaired) electrons. The van der Waals surface area contributed by atoms with Crippen molar-refractivity contribution in [2.75, 3.05) is 13.7 Å². The third-order valence-electron chi connectivity index (χ3n) is 3.73. The Kier molecular flexibility index (Phi) is 5.42. The van der Waals surface area contributed by atoms with Gasteiger partial charge in [-0.05, 0) is 18.9 Å². The van der Waals surface area contributed by atoms with Crippen LogP contribution >= 0.6 is 0 Å². The number of rotatable bonds is 4. The Morgan fingerprint density at radius 2 is 2.04 bits per heavy atom. The monoisotopic (exact) mass is 312 g/mol. The highest BCUT2D eigenvalue weighted by atomic mass is 16.5. The summed E-state index contributed by atoms with van der Waals surface area (Å²) < 4.78 is 4.95. The standard InChI is InChI=1S/C18H20N2O3/c1-4-6-12-20-14(5-2)15(17(21)23-3)16(19-18(20)22)13-10-8-7-9-11-13/h7-11,16H,5,12H2,1-3H3,(H,19,22). The maximum atomic E-state index is 12.5. The third-order valence-corrected chi connectivity index (χ3v) is 3.73. The van der Waals surface area contributed by atoms with Crippen LogP contribution in [0.25, 0.3) is 0 Å². The number of benzene rings is 1. The fourth-order valence-electron chi connectivity index (χ4n) is 2.66. The Labute approximate surface area is 136 Å². The molecule has 23 heavy (non-hydrogen) atoms. The van der Waals surface area contributed by atoms with Gasteiger partial charge in [0.2, 0.25) is 0 Å². The molecule has 1 aromatic rings. The molecule has 5 heteroatoms. The van der Waals surface area contributed by atoms with Crippen LogP contribution in [0.1, 0.15) is 31.9 Å². The van der Waals surface area contributed by atoms with Gasteiger partial charge in [-0.1, -0.05) is 43.2 Å². The summed E-state index contributed by atoms with van der Waals surface area (Å²) in [6, 6.07) is 8.61. The van der Waals surface area contributed by atoms with E-state index in [1.54, 1.807) is 6.92 Å². The van der Waals surface area contributed by atoms with Gasteiger partial charge >= 0.3 is 12.0 Å². The van der Waals surface area contributed by atoms with Crippen molar-refractivity contribution in [3.8, 4) is 11.8 Å². The zero-order valence-corrected chi connectivity index (χ0v) is 13.6. The number of esters is 1. The van der Waals surface area contributed by atoms with E-state index in [0.717, 1.165) is 5.56 Å². The van der Waals surface area contributed by atoms with Crippen LogP contribution in [0.15, 0.2) is 41.6 Å². The molecule has 1 N–H and O–H groups in total. The number of hydrogen-bond donors (Lipinski definition) is 1. The number of nitrogens with zero attached hydrogens (tertiary/aromatic N) is 1. The van der Waals surface area contributed by atoms with Crippen LogP contribution in [0.5, 0.6) is 0 Å². The second kappa shape index (κ2) is 7.50. The first-order valence-electron chi connectivity index (χ1n) is 7.47. The van der Waals surface area contributed by atoms with Crippen molar-refractivity contribution in [3.05, 3.63) is 47.2 Å². The second-order valence-corrected chi connectivity index (χ2v) is 5.01. The summed E-state index contributed by atoms with van der Waals surface area (Å²) in [7, 11) is 1.34. The van der Waals surface area contributed by atoms with E-state index in [0.29, 0.717) is 17.7 Å². The lowest BCUT2D eigenvalue weighted by atomic mass is 9.93. The topological polar surface area (TPSA) is 58.6 Å². The molecule has 0 aromatic heterocycles. The molecule has 2 amide bonds. The Morgan fingerprint density at radius 1 is 1.35 bits per heavy atom. The number of carbonyl (C=O) groups is 2. The summed E-state index contributed by atoms with van der Waals surface area (Å²) in [5, 5.41) is 2.88. The average Bonchev–Trinajstić information content (AvgIpc) is 2.59. The van der Waals surface area contributed by atoms with E-state index in [1.807, 2.05) is 37.3 Å². The third kappa shape index (κ3) is 3.37. The fraction of sp³-hybridized carbons (Fsp3) is 0.333. The molecule has 0 bridgehead atoms. The van der Waals surface area contributed by atoms with Crippen LogP contribution in [0.2, 0.25) is 0 Å². The minimum atomic E-state index is -0.517. The van der Waals surface area contributed by atoms with E-state index < -0.39 is 12.0 Å². The van der Waals surface area contributed by atoms with Crippen LogP contribution in [0.3, 0.4) is 0 Å². The Bertz CT molecular complexity index is 683. The lowest BCUT2D eigenvalue weighted by molar-refractivity contribution is -0.136. The van der Waals surface area contributed by atoms with E-state index in [4.69, 9.17) is 4.74 Å². The largest absolute Gasteiger partial charge is 0.466 e. The van der Waals surface area contributed by atoms with E-state index in [2.05, 4.69) is 17.2 Å². The lowest BCUT2D eigenvalue weighted by Crippen LogP contribution is -2.48. The molecule has 2 rings (SSSR count). The molecule has 0 fully saturated rings. The molecule has 0 saturated carbocycles. The molecule has 0 saturated heterocycles. The van der Waals surface area contributed by atoms with Gasteiger partial charge < -0.3 is 10.1 Å². The van der Waals surface area contributed by atoms with Gasteiger partial charge in [-0.3, -0.25) is 4.90 Å². The number of methoxy groups -OCH3 is 1. The average molecular weight is 312 g/mol. The predicted molar refractivity (Wildman–Crippen MR) is 87.2 cm³/mol. The number of hydrogen-bond acceptors (Lipinski definition) is 3. The van der Waals surface area contributed by atoms with Crippen LogP contribution in [-0.2, 0) is 9.53 Å². The maximum Gasteiger partial charge on any atom is 0.337 e. The van der Waals surface area contributed by atoms with E-state index in [1.165, 1.54) is 12.0 Å². The zero-order valence-electron chi connectivity index (χ0n) is 13.6. The van der Waals surface area contributed by atoms with Gasteiger partial charge in [-0.15, -0.1) is 5.92 Å². The van der Waals surface area contributed by atoms with Gasteiger partial charge in [-0.25, -0.2) is 9.59 Å². The second-order valence-electron chi connectivity index (χ2n) is 5.01. The SMILES string of the molecule is CC#CCN1C(=O)NC(c2ccccc2)C(C(=O)OC)=C1CC. The number of urea groups is 1. The van der Waals surface area contributed by atoms with E-state index in [9.17, 15) is 9.59 Å². The minimum Gasteiger partial charge on any atom is -0.466 e. The highest BCUT2D eigenvalue weighted by Crippen LogP contribution is 2.32.